The number of ether oxygens (including phenoxy) is 4. The highest BCUT2D eigenvalue weighted by molar-refractivity contribution is 5.87. The number of esters is 3. The highest BCUT2D eigenvalue weighted by atomic mass is 16.5. The van der Waals surface area contributed by atoms with Gasteiger partial charge in [0, 0.05) is 36.3 Å². The lowest BCUT2D eigenvalue weighted by molar-refractivity contribution is -0.140. The Morgan fingerprint density at radius 1 is 0.795 bits per heavy atom. The Kier molecular flexibility index (Phi) is 15.1. The molecule has 0 spiro atoms. The van der Waals surface area contributed by atoms with Crippen molar-refractivity contribution in [2.45, 2.75) is 91.6 Å². The van der Waals surface area contributed by atoms with Crippen LogP contribution in [0.15, 0.2) is 60.7 Å². The highest BCUT2D eigenvalue weighted by Gasteiger charge is 2.17. The summed E-state index contributed by atoms with van der Waals surface area (Å²) in [6, 6.07) is 11.9. The molecule has 0 N–H and O–H groups in total. The maximum Gasteiger partial charge on any atom is 0.333 e. The molecular formula is C36H46O8. The predicted molar refractivity (Wildman–Crippen MR) is 170 cm³/mol. The molecule has 0 aliphatic rings. The Bertz CT molecular complexity index is 1330. The van der Waals surface area contributed by atoms with Crippen LogP contribution in [-0.2, 0) is 28.7 Å². The van der Waals surface area contributed by atoms with E-state index in [4.69, 9.17) is 18.9 Å². The molecule has 0 bridgehead atoms. The van der Waals surface area contributed by atoms with Gasteiger partial charge in [-0.15, -0.1) is 0 Å². The van der Waals surface area contributed by atoms with Crippen LogP contribution in [0.25, 0.3) is 0 Å². The normalized spacial score (nSPS) is 12.0. The van der Waals surface area contributed by atoms with E-state index < -0.39 is 11.9 Å². The lowest BCUT2D eigenvalue weighted by atomic mass is 9.91. The van der Waals surface area contributed by atoms with Crippen molar-refractivity contribution in [2.24, 2.45) is 0 Å². The smallest absolute Gasteiger partial charge is 0.333 e. The Morgan fingerprint density at radius 2 is 1.36 bits per heavy atom. The molecule has 0 saturated heterocycles. The van der Waals surface area contributed by atoms with Crippen LogP contribution in [0.1, 0.15) is 93.9 Å². The highest BCUT2D eigenvalue weighted by Crippen LogP contribution is 2.32. The number of benzene rings is 2. The van der Waals surface area contributed by atoms with Crippen LogP contribution in [0, 0.1) is 13.8 Å². The standard InChI is InChI=1S/C36H46O8/c1-24(2)35(39)41-20-10-8-9-13-34(38)44-33-17-15-30(23-27(33)6)28(7)29-14-16-32(26(5)22-29)43-31(12-11-19-37)18-21-42-36(40)25(3)4/h14-17,19,22-23,28,31H,1,3,8-13,18,20-21H2,2,4-7H3. The summed E-state index contributed by atoms with van der Waals surface area (Å²) in [6.07, 6.45) is 4.29. The number of carbonyl (C=O) groups is 4. The second-order valence-electron chi connectivity index (χ2n) is 11.2. The molecule has 0 amide bonds. The van der Waals surface area contributed by atoms with Crippen LogP contribution in [0.5, 0.6) is 11.5 Å². The third-order valence-corrected chi connectivity index (χ3v) is 7.15. The molecule has 2 aromatic carbocycles. The van der Waals surface area contributed by atoms with E-state index in [9.17, 15) is 19.2 Å². The molecule has 8 heteroatoms. The van der Waals surface area contributed by atoms with Gasteiger partial charge >= 0.3 is 17.9 Å². The van der Waals surface area contributed by atoms with Crippen LogP contribution < -0.4 is 9.47 Å². The maximum absolute atomic E-state index is 12.4. The maximum atomic E-state index is 12.4. The van der Waals surface area contributed by atoms with E-state index in [1.54, 1.807) is 13.8 Å². The van der Waals surface area contributed by atoms with Crippen molar-refractivity contribution in [1.29, 1.82) is 0 Å². The van der Waals surface area contributed by atoms with E-state index in [1.807, 2.05) is 44.2 Å². The van der Waals surface area contributed by atoms with Crippen molar-refractivity contribution in [2.75, 3.05) is 13.2 Å². The van der Waals surface area contributed by atoms with Crippen LogP contribution in [-0.4, -0.2) is 43.5 Å². The van der Waals surface area contributed by atoms with Gasteiger partial charge < -0.3 is 23.7 Å². The molecule has 2 atom stereocenters. The van der Waals surface area contributed by atoms with Crippen molar-refractivity contribution in [3.05, 3.63) is 83.0 Å². The lowest BCUT2D eigenvalue weighted by Gasteiger charge is -2.21. The fourth-order valence-corrected chi connectivity index (χ4v) is 4.43. The summed E-state index contributed by atoms with van der Waals surface area (Å²) in [5.41, 5.74) is 4.73. The number of aryl methyl sites for hydroxylation is 2. The minimum absolute atomic E-state index is 0.0811. The van der Waals surface area contributed by atoms with E-state index in [0.29, 0.717) is 55.6 Å². The zero-order chi connectivity index (χ0) is 32.6. The SMILES string of the molecule is C=C(C)C(=O)OCCCCCC(=O)Oc1ccc(C(C)c2ccc(OC(CCC=O)CCOC(=O)C(=C)C)c(C)c2)cc1C. The molecule has 8 nitrogen and oxygen atoms in total. The van der Waals surface area contributed by atoms with Gasteiger partial charge in [-0.1, -0.05) is 44.3 Å². The topological polar surface area (TPSA) is 105 Å². The van der Waals surface area contributed by atoms with Gasteiger partial charge in [-0.2, -0.15) is 0 Å². The zero-order valence-electron chi connectivity index (χ0n) is 26.7. The van der Waals surface area contributed by atoms with Gasteiger partial charge in [-0.05, 0) is 87.8 Å². The fraction of sp³-hybridized carbons (Fsp3) is 0.444. The number of aldehydes is 1. The first-order chi connectivity index (χ1) is 20.9. The quantitative estimate of drug-likeness (QED) is 0.0540. The van der Waals surface area contributed by atoms with Crippen molar-refractivity contribution in [3.63, 3.8) is 0 Å². The molecule has 238 valence electrons. The minimum Gasteiger partial charge on any atom is -0.490 e. The van der Waals surface area contributed by atoms with Crippen LogP contribution in [0.3, 0.4) is 0 Å². The molecule has 0 saturated carbocycles. The summed E-state index contributed by atoms with van der Waals surface area (Å²) in [5.74, 6) is 0.206. The zero-order valence-corrected chi connectivity index (χ0v) is 26.7. The van der Waals surface area contributed by atoms with Crippen molar-refractivity contribution in [1.82, 2.24) is 0 Å². The van der Waals surface area contributed by atoms with Crippen molar-refractivity contribution in [3.8, 4) is 11.5 Å². The summed E-state index contributed by atoms with van der Waals surface area (Å²) in [7, 11) is 0. The second-order valence-corrected chi connectivity index (χ2v) is 11.2. The van der Waals surface area contributed by atoms with Crippen molar-refractivity contribution >= 4 is 24.2 Å². The summed E-state index contributed by atoms with van der Waals surface area (Å²) < 4.78 is 22.1. The Morgan fingerprint density at radius 3 is 1.91 bits per heavy atom. The fourth-order valence-electron chi connectivity index (χ4n) is 4.43. The van der Waals surface area contributed by atoms with Crippen LogP contribution in [0.4, 0.5) is 0 Å². The molecule has 2 aromatic rings. The lowest BCUT2D eigenvalue weighted by Crippen LogP contribution is -2.21. The molecule has 2 unspecified atom stereocenters. The number of unbranched alkanes of at least 4 members (excludes halogenated alkanes) is 2. The summed E-state index contributed by atoms with van der Waals surface area (Å²) in [6.45, 7) is 16.8. The van der Waals surface area contributed by atoms with E-state index in [2.05, 4.69) is 26.1 Å². The molecule has 2 rings (SSSR count). The molecule has 0 fully saturated rings. The Balaban J connectivity index is 1.94. The average Bonchev–Trinajstić information content (AvgIpc) is 2.98. The minimum atomic E-state index is -0.442. The number of rotatable bonds is 19. The van der Waals surface area contributed by atoms with Crippen molar-refractivity contribution < 1.29 is 38.1 Å². The summed E-state index contributed by atoms with van der Waals surface area (Å²) >= 11 is 0. The molecule has 44 heavy (non-hydrogen) atoms. The predicted octanol–water partition coefficient (Wildman–Crippen LogP) is 7.28. The molecule has 0 aliphatic carbocycles. The first kappa shape index (κ1) is 36.0. The van der Waals surface area contributed by atoms with Gasteiger partial charge in [0.1, 0.15) is 23.9 Å². The summed E-state index contributed by atoms with van der Waals surface area (Å²) in [5, 5.41) is 0. The number of hydrogen-bond acceptors (Lipinski definition) is 8. The first-order valence-electron chi connectivity index (χ1n) is 15.1. The Labute approximate surface area is 261 Å². The van der Waals surface area contributed by atoms with Gasteiger partial charge in [0.15, 0.2) is 0 Å². The Hall–Kier alpha value is -4.20. The van der Waals surface area contributed by atoms with Crippen LogP contribution >= 0.6 is 0 Å². The van der Waals surface area contributed by atoms with Gasteiger partial charge in [0.25, 0.3) is 0 Å². The molecule has 0 aromatic heterocycles. The third kappa shape index (κ3) is 12.2. The van der Waals surface area contributed by atoms with Crippen LogP contribution in [0.2, 0.25) is 0 Å². The van der Waals surface area contributed by atoms with Gasteiger partial charge in [-0.25, -0.2) is 9.59 Å². The van der Waals surface area contributed by atoms with Gasteiger partial charge in [0.05, 0.1) is 13.2 Å². The van der Waals surface area contributed by atoms with E-state index in [-0.39, 0.29) is 31.0 Å². The molecule has 0 heterocycles. The molecular weight excluding hydrogens is 560 g/mol. The molecule has 0 radical (unpaired) electrons. The van der Waals surface area contributed by atoms with E-state index in [0.717, 1.165) is 40.7 Å². The number of hydrogen-bond donors (Lipinski definition) is 0. The van der Waals surface area contributed by atoms with E-state index >= 15 is 0 Å². The third-order valence-electron chi connectivity index (χ3n) is 7.15. The van der Waals surface area contributed by atoms with Gasteiger partial charge in [0.2, 0.25) is 0 Å². The summed E-state index contributed by atoms with van der Waals surface area (Å²) in [4.78, 5) is 46.4. The second kappa shape index (κ2) is 18.5. The average molecular weight is 607 g/mol. The first-order valence-corrected chi connectivity index (χ1v) is 15.1. The molecule has 0 aliphatic heterocycles. The van der Waals surface area contributed by atoms with Gasteiger partial charge in [-0.3, -0.25) is 4.79 Å². The largest absolute Gasteiger partial charge is 0.490 e. The number of carbonyl (C=O) groups excluding carboxylic acids is 4. The van der Waals surface area contributed by atoms with E-state index in [1.165, 1.54) is 0 Å². The monoisotopic (exact) mass is 606 g/mol.